The summed E-state index contributed by atoms with van der Waals surface area (Å²) in [5.41, 5.74) is 0.643. The molecule has 2 aromatic rings. The van der Waals surface area contributed by atoms with Gasteiger partial charge in [-0.1, -0.05) is 219 Å². The molecule has 21 heteroatoms. The van der Waals surface area contributed by atoms with Gasteiger partial charge in [-0.3, -0.25) is 24.0 Å². The van der Waals surface area contributed by atoms with Crippen molar-refractivity contribution < 1.29 is 92.1 Å². The van der Waals surface area contributed by atoms with E-state index in [1.54, 1.807) is 24.3 Å². The molecule has 0 saturated carbocycles. The highest BCUT2D eigenvalue weighted by Crippen LogP contribution is 2.39. The zero-order valence-electron chi connectivity index (χ0n) is 65.6. The minimum atomic E-state index is -4.39. The van der Waals surface area contributed by atoms with Crippen molar-refractivity contribution in [3.63, 3.8) is 0 Å². The number of likely N-dealkylation sites (N-methyl/N-ethyl adjacent to an activating group) is 2. The first-order valence-corrected chi connectivity index (χ1v) is 42.4. The summed E-state index contributed by atoms with van der Waals surface area (Å²) in [6, 6.07) is 9.70. The quantitative estimate of drug-likeness (QED) is 0.0149. The molecule has 0 radical (unpaired) electrons. The predicted molar refractivity (Wildman–Crippen MR) is 397 cm³/mol. The molecule has 0 bridgehead atoms. The van der Waals surface area contributed by atoms with Gasteiger partial charge in [-0.05, 0) is 87.0 Å². The van der Waals surface area contributed by atoms with Crippen molar-refractivity contribution >= 4 is 44.9 Å². The molecule has 0 aliphatic heterocycles. The van der Waals surface area contributed by atoms with Gasteiger partial charge in [-0.25, -0.2) is 0 Å². The van der Waals surface area contributed by atoms with E-state index in [0.29, 0.717) is 83.6 Å². The third-order valence-electron chi connectivity index (χ3n) is 17.5. The SMILES string of the molecule is [2H]c1cc(C(=O)c2ccc(OCCCCCCCCCCC(=O)OC(COC(=O)CCCCCCCCCCCCC)CP(=O)([O-])OCC[N+](C)(C)C)c([2H])c2)ccc1OCCCCCCCCCCC(=O)OC(COC(=O)CCCCCCCCCCCCC)CP(=O)([O-])OCC[N+](C)(C)C. The standard InChI is InChI=1S/C79H138N2O17P2/c1-9-11-13-15-17-19-21-23-29-35-41-47-75(82)93-65-73(67-99(87,88)95-63-59-80(3,4)5)97-77(84)49-43-37-31-25-27-33-39-45-61-91-71-55-51-69(52-56-71)79(86)70-53-57-72(58-54-70)92-62-46-40-34-28-26-32-38-44-50-78(85)98-74(68-100(89,90)96-64-60-81(6,7)8)66-94-76(83)48-42-36-30-24-22-20-18-16-14-12-10-2/h51-58,73-74H,9-50,59-68H2,1-8H3/i55D,57D. The van der Waals surface area contributed by atoms with Crippen LogP contribution >= 0.6 is 15.2 Å². The molecule has 0 N–H and O–H groups in total. The first-order chi connectivity index (χ1) is 48.7. The van der Waals surface area contributed by atoms with E-state index < -0.39 is 63.6 Å². The molecule has 2 rings (SSSR count). The Morgan fingerprint density at radius 1 is 0.380 bits per heavy atom. The Balaban J connectivity index is 1.64. The molecular weight excluding hydrogens is 1310 g/mol. The Morgan fingerprint density at radius 3 is 0.930 bits per heavy atom. The van der Waals surface area contributed by atoms with E-state index in [2.05, 4.69) is 13.8 Å². The second-order valence-corrected chi connectivity index (χ2v) is 33.2. The molecule has 0 spiro atoms. The van der Waals surface area contributed by atoms with Crippen molar-refractivity contribution in [3.8, 4) is 11.5 Å². The summed E-state index contributed by atoms with van der Waals surface area (Å²) >= 11 is 0. The number of carbonyl (C=O) groups excluding carboxylic acids is 5. The number of benzene rings is 2. The molecule has 0 heterocycles. The predicted octanol–water partition coefficient (Wildman–Crippen LogP) is 17.6. The average molecular weight is 1450 g/mol. The number of quaternary nitrogens is 2. The second-order valence-electron chi connectivity index (χ2n) is 29.5. The van der Waals surface area contributed by atoms with Gasteiger partial charge in [0.05, 0.1) is 70.6 Å². The Labute approximate surface area is 608 Å². The maximum Gasteiger partial charge on any atom is 0.306 e. The lowest BCUT2D eigenvalue weighted by Gasteiger charge is -2.30. The van der Waals surface area contributed by atoms with Gasteiger partial charge in [0.2, 0.25) is 0 Å². The number of carbonyl (C=O) groups is 5. The summed E-state index contributed by atoms with van der Waals surface area (Å²) < 4.78 is 88.3. The van der Waals surface area contributed by atoms with Crippen LogP contribution in [-0.4, -0.2) is 158 Å². The number of hydrogen-bond acceptors (Lipinski definition) is 17. The van der Waals surface area contributed by atoms with Crippen LogP contribution in [0.15, 0.2) is 48.5 Å². The number of unbranched alkanes of at least 4 members (excludes halogenated alkanes) is 34. The van der Waals surface area contributed by atoms with E-state index in [4.69, 9.17) is 40.2 Å². The zero-order chi connectivity index (χ0) is 75.2. The monoisotopic (exact) mass is 1450 g/mol. The van der Waals surface area contributed by atoms with Gasteiger partial charge in [0.25, 0.3) is 0 Å². The van der Waals surface area contributed by atoms with Crippen LogP contribution in [0.2, 0.25) is 0 Å². The number of nitrogens with zero attached hydrogens (tertiary/aromatic N) is 2. The lowest BCUT2D eigenvalue weighted by atomic mass is 10.0. The van der Waals surface area contributed by atoms with Crippen LogP contribution in [0.4, 0.5) is 0 Å². The summed E-state index contributed by atoms with van der Waals surface area (Å²) in [6.07, 6.45) is 36.8. The smallest absolute Gasteiger partial charge is 0.306 e. The topological polar surface area (TPSA) is 239 Å². The largest absolute Gasteiger partial charge is 0.778 e. The van der Waals surface area contributed by atoms with Crippen LogP contribution in [0.25, 0.3) is 0 Å². The number of ether oxygens (including phenoxy) is 6. The highest BCUT2D eigenvalue weighted by molar-refractivity contribution is 7.51. The van der Waals surface area contributed by atoms with Gasteiger partial charge in [-0.2, -0.15) is 0 Å². The lowest BCUT2D eigenvalue weighted by Crippen LogP contribution is -2.38. The fourth-order valence-electron chi connectivity index (χ4n) is 11.3. The van der Waals surface area contributed by atoms with Crippen molar-refractivity contribution in [2.45, 2.75) is 296 Å². The van der Waals surface area contributed by atoms with Crippen LogP contribution in [0.1, 0.15) is 302 Å². The minimum Gasteiger partial charge on any atom is -0.778 e. The summed E-state index contributed by atoms with van der Waals surface area (Å²) in [5, 5.41) is 0. The van der Waals surface area contributed by atoms with Gasteiger partial charge < -0.3 is 65.4 Å². The van der Waals surface area contributed by atoms with E-state index in [9.17, 15) is 42.9 Å². The molecule has 0 aliphatic rings. The maximum atomic E-state index is 13.4. The molecule has 4 unspecified atom stereocenters. The molecular formula is C79H138N2O17P2. The Kier molecular flexibility index (Phi) is 50.4. The summed E-state index contributed by atoms with van der Waals surface area (Å²) in [6.45, 7) is 5.53. The normalized spacial score (nSPS) is 13.9. The summed E-state index contributed by atoms with van der Waals surface area (Å²) in [5.74, 6) is -1.47. The van der Waals surface area contributed by atoms with Crippen LogP contribution in [-0.2, 0) is 56.3 Å². The van der Waals surface area contributed by atoms with Gasteiger partial charge in [0, 0.05) is 36.8 Å². The van der Waals surface area contributed by atoms with Gasteiger partial charge in [-0.15, -0.1) is 0 Å². The zero-order valence-corrected chi connectivity index (χ0v) is 65.4. The molecule has 0 amide bonds. The number of ketones is 1. The summed E-state index contributed by atoms with van der Waals surface area (Å²) in [4.78, 5) is 90.3. The molecule has 100 heavy (non-hydrogen) atoms. The average Bonchev–Trinajstić information content (AvgIpc) is 0.819. The third kappa shape index (κ3) is 54.5. The molecule has 4 atom stereocenters. The highest BCUT2D eigenvalue weighted by Gasteiger charge is 2.26. The Bertz CT molecular complexity index is 2500. The third-order valence-corrected chi connectivity index (χ3v) is 20.4. The second kappa shape index (κ2) is 57.2. The van der Waals surface area contributed by atoms with Crippen LogP contribution in [0.5, 0.6) is 11.5 Å². The Morgan fingerprint density at radius 2 is 0.650 bits per heavy atom. The van der Waals surface area contributed by atoms with Crippen molar-refractivity contribution in [2.75, 3.05) is 107 Å². The van der Waals surface area contributed by atoms with Crippen molar-refractivity contribution in [2.24, 2.45) is 0 Å². The fourth-order valence-corrected chi connectivity index (χ4v) is 13.6. The van der Waals surface area contributed by atoms with Crippen molar-refractivity contribution in [1.82, 2.24) is 0 Å². The number of esters is 4. The molecule has 0 saturated heterocycles. The van der Waals surface area contributed by atoms with Gasteiger partial charge in [0.15, 0.2) is 5.78 Å². The molecule has 19 nitrogen and oxygen atoms in total. The van der Waals surface area contributed by atoms with E-state index >= 15 is 0 Å². The fraction of sp³-hybridized carbons (Fsp3) is 0.785. The first-order valence-electron chi connectivity index (χ1n) is 39.9. The molecule has 576 valence electrons. The summed E-state index contributed by atoms with van der Waals surface area (Å²) in [7, 11) is 2.80. The molecule has 0 aliphatic carbocycles. The van der Waals surface area contributed by atoms with Crippen molar-refractivity contribution in [1.29, 1.82) is 0 Å². The van der Waals surface area contributed by atoms with E-state index in [1.165, 1.54) is 102 Å². The molecule has 2 aromatic carbocycles. The van der Waals surface area contributed by atoms with Gasteiger partial charge >= 0.3 is 23.9 Å². The Hall–Kier alpha value is -4.19. The van der Waals surface area contributed by atoms with E-state index in [1.807, 2.05) is 42.3 Å². The lowest BCUT2D eigenvalue weighted by molar-refractivity contribution is -0.870. The van der Waals surface area contributed by atoms with Gasteiger partial charge in [0.1, 0.15) is 78.4 Å². The molecule has 0 aromatic heterocycles. The van der Waals surface area contributed by atoms with Crippen molar-refractivity contribution in [3.05, 3.63) is 59.6 Å². The van der Waals surface area contributed by atoms with Crippen LogP contribution < -0.4 is 19.3 Å². The maximum absolute atomic E-state index is 13.4. The first kappa shape index (κ1) is 88.2. The van der Waals surface area contributed by atoms with Crippen LogP contribution in [0, 0.1) is 0 Å². The molecule has 0 fully saturated rings. The van der Waals surface area contributed by atoms with E-state index in [0.717, 1.165) is 128 Å². The highest BCUT2D eigenvalue weighted by atomic mass is 31.2. The minimum absolute atomic E-state index is 0.00967. The van der Waals surface area contributed by atoms with Crippen LogP contribution in [0.3, 0.4) is 0 Å². The number of hydrogen-bond donors (Lipinski definition) is 0. The van der Waals surface area contributed by atoms with E-state index in [-0.39, 0.29) is 70.0 Å². The number of rotatable bonds is 68.